The normalized spacial score (nSPS) is 11.2. The lowest BCUT2D eigenvalue weighted by Gasteiger charge is -2.12. The van der Waals surface area contributed by atoms with Gasteiger partial charge in [-0.15, -0.1) is 0 Å². The second kappa shape index (κ2) is 9.78. The molecule has 0 fully saturated rings. The zero-order chi connectivity index (χ0) is 19.0. The Kier molecular flexibility index (Phi) is 7.71. The Labute approximate surface area is 159 Å². The van der Waals surface area contributed by atoms with Gasteiger partial charge in [0.2, 0.25) is 0 Å². The number of anilines is 1. The molecule has 0 radical (unpaired) electrons. The molecule has 2 aromatic carbocycles. The minimum Gasteiger partial charge on any atom is -0.362 e. The minimum atomic E-state index is -4.38. The molecular formula is C18H18F4N2S2. The average molecular weight is 402 g/mol. The fourth-order valence-corrected chi connectivity index (χ4v) is 3.24. The van der Waals surface area contributed by atoms with E-state index in [2.05, 4.69) is 10.6 Å². The van der Waals surface area contributed by atoms with Crippen molar-refractivity contribution in [2.75, 3.05) is 17.6 Å². The highest BCUT2D eigenvalue weighted by Crippen LogP contribution is 2.30. The van der Waals surface area contributed by atoms with E-state index in [1.165, 1.54) is 24.3 Å². The molecule has 0 saturated carbocycles. The topological polar surface area (TPSA) is 24.1 Å². The molecule has 0 aliphatic heterocycles. The van der Waals surface area contributed by atoms with Crippen LogP contribution in [0.3, 0.4) is 0 Å². The summed E-state index contributed by atoms with van der Waals surface area (Å²) >= 11 is 6.82. The van der Waals surface area contributed by atoms with E-state index in [0.717, 1.165) is 35.6 Å². The molecule has 2 N–H and O–H groups in total. The van der Waals surface area contributed by atoms with Gasteiger partial charge in [-0.3, -0.25) is 0 Å². The molecule has 0 aromatic heterocycles. The maximum absolute atomic E-state index is 12.8. The first-order chi connectivity index (χ1) is 12.3. The third-order valence-electron chi connectivity index (χ3n) is 3.38. The number of hydrogen-bond donors (Lipinski definition) is 2. The van der Waals surface area contributed by atoms with E-state index in [9.17, 15) is 17.6 Å². The lowest BCUT2D eigenvalue weighted by molar-refractivity contribution is -0.137. The zero-order valence-electron chi connectivity index (χ0n) is 13.8. The van der Waals surface area contributed by atoms with Gasteiger partial charge in [0, 0.05) is 18.0 Å². The van der Waals surface area contributed by atoms with Crippen molar-refractivity contribution in [1.82, 2.24) is 5.32 Å². The molecule has 0 saturated heterocycles. The molecular weight excluding hydrogens is 384 g/mol. The van der Waals surface area contributed by atoms with Crippen molar-refractivity contribution < 1.29 is 17.6 Å². The molecule has 26 heavy (non-hydrogen) atoms. The quantitative estimate of drug-likeness (QED) is 0.365. The first kappa shape index (κ1) is 20.5. The summed E-state index contributed by atoms with van der Waals surface area (Å²) in [5, 5.41) is 6.01. The van der Waals surface area contributed by atoms with Gasteiger partial charge in [0.25, 0.3) is 0 Å². The summed E-state index contributed by atoms with van der Waals surface area (Å²) in [7, 11) is 0. The van der Waals surface area contributed by atoms with Crippen molar-refractivity contribution in [2.45, 2.75) is 18.3 Å². The Hall–Kier alpha value is -1.80. The Morgan fingerprint density at radius 3 is 2.50 bits per heavy atom. The van der Waals surface area contributed by atoms with Gasteiger partial charge in [0.05, 0.1) is 5.56 Å². The zero-order valence-corrected chi connectivity index (χ0v) is 15.4. The van der Waals surface area contributed by atoms with Crippen molar-refractivity contribution >= 4 is 34.8 Å². The average Bonchev–Trinajstić information content (AvgIpc) is 2.59. The number of benzene rings is 2. The predicted molar refractivity (Wildman–Crippen MR) is 103 cm³/mol. The van der Waals surface area contributed by atoms with Crippen LogP contribution in [0.25, 0.3) is 0 Å². The minimum absolute atomic E-state index is 0.246. The summed E-state index contributed by atoms with van der Waals surface area (Å²) in [5.74, 6) is 1.44. The smallest absolute Gasteiger partial charge is 0.362 e. The van der Waals surface area contributed by atoms with Gasteiger partial charge >= 0.3 is 6.18 Å². The fraction of sp³-hybridized carbons (Fsp3) is 0.278. The molecule has 0 spiro atoms. The van der Waals surface area contributed by atoms with Crippen LogP contribution in [0, 0.1) is 5.82 Å². The second-order valence-corrected chi connectivity index (χ2v) is 7.01. The highest BCUT2D eigenvalue weighted by Gasteiger charge is 2.30. The summed E-state index contributed by atoms with van der Waals surface area (Å²) in [4.78, 5) is 0. The number of alkyl halides is 3. The second-order valence-electron chi connectivity index (χ2n) is 5.49. The molecule has 2 aromatic rings. The number of thiocarbonyl (C=S) groups is 1. The first-order valence-electron chi connectivity index (χ1n) is 7.89. The first-order valence-corrected chi connectivity index (χ1v) is 9.45. The lowest BCUT2D eigenvalue weighted by Crippen LogP contribution is -2.29. The molecule has 0 heterocycles. The highest BCUT2D eigenvalue weighted by atomic mass is 32.2. The Morgan fingerprint density at radius 1 is 1.08 bits per heavy atom. The van der Waals surface area contributed by atoms with Gasteiger partial charge in [-0.2, -0.15) is 24.9 Å². The van der Waals surface area contributed by atoms with E-state index >= 15 is 0 Å². The highest BCUT2D eigenvalue weighted by molar-refractivity contribution is 7.98. The van der Waals surface area contributed by atoms with Crippen molar-refractivity contribution in [2.24, 2.45) is 0 Å². The van der Waals surface area contributed by atoms with Crippen LogP contribution in [0.15, 0.2) is 48.5 Å². The van der Waals surface area contributed by atoms with Crippen molar-refractivity contribution in [3.63, 3.8) is 0 Å². The van der Waals surface area contributed by atoms with Crippen molar-refractivity contribution in [3.8, 4) is 0 Å². The molecule has 0 aliphatic rings. The maximum atomic E-state index is 12.8. The summed E-state index contributed by atoms with van der Waals surface area (Å²) in [6.07, 6.45) is -3.54. The molecule has 0 aliphatic carbocycles. The van der Waals surface area contributed by atoms with Gasteiger partial charge in [-0.1, -0.05) is 18.2 Å². The lowest BCUT2D eigenvalue weighted by atomic mass is 10.2. The Balaban J connectivity index is 1.64. The molecule has 2 rings (SSSR count). The number of halogens is 4. The van der Waals surface area contributed by atoms with E-state index in [-0.39, 0.29) is 10.9 Å². The van der Waals surface area contributed by atoms with Gasteiger partial charge in [-0.25, -0.2) is 4.39 Å². The third kappa shape index (κ3) is 7.21. The van der Waals surface area contributed by atoms with Crippen LogP contribution in [0.4, 0.5) is 23.2 Å². The summed E-state index contributed by atoms with van der Waals surface area (Å²) in [6.45, 7) is 0.612. The van der Waals surface area contributed by atoms with E-state index < -0.39 is 11.7 Å². The van der Waals surface area contributed by atoms with Crippen molar-refractivity contribution in [3.05, 3.63) is 65.5 Å². The molecule has 0 amide bonds. The third-order valence-corrected chi connectivity index (χ3v) is 4.74. The number of thioether (sulfide) groups is 1. The van der Waals surface area contributed by atoms with Crippen molar-refractivity contribution in [1.29, 1.82) is 0 Å². The number of rotatable bonds is 7. The Morgan fingerprint density at radius 2 is 1.81 bits per heavy atom. The summed E-state index contributed by atoms with van der Waals surface area (Å²) in [6, 6.07) is 11.3. The molecule has 0 atom stereocenters. The summed E-state index contributed by atoms with van der Waals surface area (Å²) in [5.41, 5.74) is 0.636. The van der Waals surface area contributed by atoms with Gasteiger partial charge in [-0.05, 0) is 60.3 Å². The standard InChI is InChI=1S/C18H18F4N2S2/c19-15-7-5-13(6-8-15)12-26-10-2-9-23-17(25)24-16-4-1-3-14(11-16)18(20,21)22/h1,3-8,11H,2,9-10,12H2,(H2,23,24,25). The van der Waals surface area contributed by atoms with Crippen LogP contribution in [0.1, 0.15) is 17.5 Å². The van der Waals surface area contributed by atoms with Crippen LogP contribution in [0.5, 0.6) is 0 Å². The van der Waals surface area contributed by atoms with Gasteiger partial charge in [0.1, 0.15) is 5.82 Å². The Bertz CT molecular complexity index is 718. The van der Waals surface area contributed by atoms with Gasteiger partial charge in [0.15, 0.2) is 5.11 Å². The van der Waals surface area contributed by atoms with E-state index in [1.807, 2.05) is 0 Å². The molecule has 2 nitrogen and oxygen atoms in total. The fourth-order valence-electron chi connectivity index (χ4n) is 2.10. The monoisotopic (exact) mass is 402 g/mol. The number of hydrogen-bond acceptors (Lipinski definition) is 2. The van der Waals surface area contributed by atoms with Crippen LogP contribution in [0.2, 0.25) is 0 Å². The van der Waals surface area contributed by atoms with Crippen LogP contribution >= 0.6 is 24.0 Å². The van der Waals surface area contributed by atoms with E-state index in [4.69, 9.17) is 12.2 Å². The molecule has 140 valence electrons. The van der Waals surface area contributed by atoms with E-state index in [1.54, 1.807) is 23.9 Å². The van der Waals surface area contributed by atoms with Crippen LogP contribution in [-0.4, -0.2) is 17.4 Å². The predicted octanol–water partition coefficient (Wildman–Crippen LogP) is 5.45. The van der Waals surface area contributed by atoms with Crippen LogP contribution in [-0.2, 0) is 11.9 Å². The SMILES string of the molecule is Fc1ccc(CSCCCNC(=S)Nc2cccc(C(F)(F)F)c2)cc1. The maximum Gasteiger partial charge on any atom is 0.416 e. The van der Waals surface area contributed by atoms with Crippen LogP contribution < -0.4 is 10.6 Å². The van der Waals surface area contributed by atoms with E-state index in [0.29, 0.717) is 12.2 Å². The summed E-state index contributed by atoms with van der Waals surface area (Å²) < 4.78 is 50.8. The molecule has 0 bridgehead atoms. The largest absolute Gasteiger partial charge is 0.416 e. The molecule has 0 unspecified atom stereocenters. The number of nitrogens with one attached hydrogen (secondary N) is 2. The van der Waals surface area contributed by atoms with Gasteiger partial charge < -0.3 is 10.6 Å². The molecule has 8 heteroatoms.